The van der Waals surface area contributed by atoms with Gasteiger partial charge in [-0.1, -0.05) is 51.0 Å². The van der Waals surface area contributed by atoms with Crippen LogP contribution in [0.4, 0.5) is 0 Å². The monoisotopic (exact) mass is 288 g/mol. The lowest BCUT2D eigenvalue weighted by molar-refractivity contribution is 0.263. The molecule has 0 heterocycles. The number of nitrogens with zero attached hydrogens (tertiary/aromatic N) is 1. The van der Waals surface area contributed by atoms with E-state index in [4.69, 9.17) is 5.73 Å². The summed E-state index contributed by atoms with van der Waals surface area (Å²) in [5, 5.41) is 0. The highest BCUT2D eigenvalue weighted by Crippen LogP contribution is 2.25. The molecule has 2 nitrogen and oxygen atoms in total. The Hall–Kier alpha value is -0.860. The van der Waals surface area contributed by atoms with Crippen molar-refractivity contribution in [2.45, 2.75) is 52.0 Å². The van der Waals surface area contributed by atoms with Crippen LogP contribution in [0.3, 0.4) is 0 Å². The normalized spacial score (nSPS) is 17.8. The van der Waals surface area contributed by atoms with E-state index in [-0.39, 0.29) is 6.04 Å². The predicted octanol–water partition coefficient (Wildman–Crippen LogP) is 4.01. The Morgan fingerprint density at radius 2 is 1.76 bits per heavy atom. The van der Waals surface area contributed by atoms with E-state index in [1.54, 1.807) is 0 Å². The summed E-state index contributed by atoms with van der Waals surface area (Å²) in [6, 6.07) is 9.04. The third-order valence-electron chi connectivity index (χ3n) is 4.60. The molecule has 21 heavy (non-hydrogen) atoms. The van der Waals surface area contributed by atoms with E-state index in [2.05, 4.69) is 50.1 Å². The van der Waals surface area contributed by atoms with E-state index < -0.39 is 0 Å². The molecule has 1 aliphatic carbocycles. The molecule has 1 aromatic rings. The van der Waals surface area contributed by atoms with Gasteiger partial charge >= 0.3 is 0 Å². The van der Waals surface area contributed by atoms with E-state index in [1.165, 1.54) is 43.4 Å². The highest BCUT2D eigenvalue weighted by atomic mass is 15.1. The molecule has 2 heteroatoms. The quantitative estimate of drug-likeness (QED) is 0.821. The van der Waals surface area contributed by atoms with Gasteiger partial charge in [-0.05, 0) is 49.3 Å². The fourth-order valence-electron chi connectivity index (χ4n) is 3.52. The van der Waals surface area contributed by atoms with Gasteiger partial charge in [-0.25, -0.2) is 0 Å². The van der Waals surface area contributed by atoms with Crippen molar-refractivity contribution in [2.24, 2.45) is 17.6 Å². The van der Waals surface area contributed by atoms with E-state index in [0.29, 0.717) is 5.92 Å². The second-order valence-electron chi connectivity index (χ2n) is 7.32. The summed E-state index contributed by atoms with van der Waals surface area (Å²) < 4.78 is 0. The van der Waals surface area contributed by atoms with Gasteiger partial charge in [-0.15, -0.1) is 0 Å². The van der Waals surface area contributed by atoms with Crippen LogP contribution in [-0.2, 0) is 6.42 Å². The van der Waals surface area contributed by atoms with Crippen LogP contribution in [0.15, 0.2) is 24.3 Å². The maximum absolute atomic E-state index is 6.38. The van der Waals surface area contributed by atoms with Gasteiger partial charge in [0.1, 0.15) is 0 Å². The van der Waals surface area contributed by atoms with Crippen LogP contribution in [0.1, 0.15) is 56.7 Å². The van der Waals surface area contributed by atoms with Crippen LogP contribution in [-0.4, -0.2) is 25.0 Å². The van der Waals surface area contributed by atoms with Gasteiger partial charge in [0.15, 0.2) is 0 Å². The fourth-order valence-corrected chi connectivity index (χ4v) is 3.52. The van der Waals surface area contributed by atoms with Crippen LogP contribution >= 0.6 is 0 Å². The molecule has 0 saturated heterocycles. The Bertz CT molecular complexity index is 404. The Labute approximate surface area is 130 Å². The molecular weight excluding hydrogens is 256 g/mol. The molecule has 118 valence electrons. The van der Waals surface area contributed by atoms with Gasteiger partial charge in [-0.3, -0.25) is 0 Å². The van der Waals surface area contributed by atoms with Crippen LogP contribution in [0, 0.1) is 11.8 Å². The van der Waals surface area contributed by atoms with Crippen molar-refractivity contribution in [3.05, 3.63) is 35.4 Å². The van der Waals surface area contributed by atoms with Crippen molar-refractivity contribution in [3.8, 4) is 0 Å². The number of benzene rings is 1. The molecule has 1 aliphatic rings. The lowest BCUT2D eigenvalue weighted by Crippen LogP contribution is -2.32. The summed E-state index contributed by atoms with van der Waals surface area (Å²) in [5.41, 5.74) is 9.06. The summed E-state index contributed by atoms with van der Waals surface area (Å²) in [6.45, 7) is 6.69. The van der Waals surface area contributed by atoms with Crippen LogP contribution in [0.25, 0.3) is 0 Å². The lowest BCUT2D eigenvalue weighted by Gasteiger charge is -2.24. The Morgan fingerprint density at radius 1 is 1.14 bits per heavy atom. The molecule has 1 aromatic carbocycles. The van der Waals surface area contributed by atoms with E-state index in [9.17, 15) is 0 Å². The summed E-state index contributed by atoms with van der Waals surface area (Å²) in [6.07, 6.45) is 6.80. The van der Waals surface area contributed by atoms with Gasteiger partial charge in [0.2, 0.25) is 0 Å². The molecule has 0 aromatic heterocycles. The zero-order chi connectivity index (χ0) is 15.2. The van der Waals surface area contributed by atoms with Gasteiger partial charge in [0.05, 0.1) is 0 Å². The third kappa shape index (κ3) is 5.44. The molecule has 1 atom stereocenters. The maximum atomic E-state index is 6.38. The smallest absolute Gasteiger partial charge is 0.0424 e. The van der Waals surface area contributed by atoms with Crippen LogP contribution in [0.2, 0.25) is 0 Å². The average Bonchev–Trinajstić information content (AvgIpc) is 2.91. The third-order valence-corrected chi connectivity index (χ3v) is 4.60. The number of hydrogen-bond acceptors (Lipinski definition) is 2. The standard InChI is InChI=1S/C19H32N2/c1-15(2)12-16-8-10-18(11-9-16)19(20)14-21(3)13-17-6-4-5-7-17/h8-11,15,17,19H,4-7,12-14,20H2,1-3H3. The number of rotatable bonds is 7. The van der Waals surface area contributed by atoms with Crippen molar-refractivity contribution in [3.63, 3.8) is 0 Å². The van der Waals surface area contributed by atoms with Gasteiger partial charge in [0.25, 0.3) is 0 Å². The van der Waals surface area contributed by atoms with E-state index in [1.807, 2.05) is 0 Å². The highest BCUT2D eigenvalue weighted by molar-refractivity contribution is 5.25. The molecule has 1 saturated carbocycles. The van der Waals surface area contributed by atoms with E-state index >= 15 is 0 Å². The minimum Gasteiger partial charge on any atom is -0.323 e. The van der Waals surface area contributed by atoms with Gasteiger partial charge in [0, 0.05) is 19.1 Å². The van der Waals surface area contributed by atoms with E-state index in [0.717, 1.165) is 18.9 Å². The van der Waals surface area contributed by atoms with Crippen molar-refractivity contribution in [1.29, 1.82) is 0 Å². The summed E-state index contributed by atoms with van der Waals surface area (Å²) in [5.74, 6) is 1.61. The minimum absolute atomic E-state index is 0.129. The Balaban J connectivity index is 1.82. The second-order valence-corrected chi connectivity index (χ2v) is 7.32. The molecular formula is C19H32N2. The molecule has 0 spiro atoms. The van der Waals surface area contributed by atoms with Crippen molar-refractivity contribution in [1.82, 2.24) is 4.90 Å². The first kappa shape index (κ1) is 16.5. The molecule has 2 N–H and O–H groups in total. The van der Waals surface area contributed by atoms with Crippen molar-refractivity contribution >= 4 is 0 Å². The number of nitrogens with two attached hydrogens (primary N) is 1. The zero-order valence-electron chi connectivity index (χ0n) is 14.0. The first-order valence-corrected chi connectivity index (χ1v) is 8.57. The maximum Gasteiger partial charge on any atom is 0.0424 e. The fraction of sp³-hybridized carbons (Fsp3) is 0.684. The Kier molecular flexibility index (Phi) is 6.25. The molecule has 0 amide bonds. The van der Waals surface area contributed by atoms with Crippen LogP contribution in [0.5, 0.6) is 0 Å². The molecule has 0 aliphatic heterocycles. The van der Waals surface area contributed by atoms with Crippen LogP contribution < -0.4 is 5.73 Å². The van der Waals surface area contributed by atoms with Gasteiger partial charge in [-0.2, -0.15) is 0 Å². The topological polar surface area (TPSA) is 29.3 Å². The van der Waals surface area contributed by atoms with Crippen molar-refractivity contribution in [2.75, 3.05) is 20.1 Å². The largest absolute Gasteiger partial charge is 0.323 e. The SMILES string of the molecule is CC(C)Cc1ccc(C(N)CN(C)CC2CCCC2)cc1. The minimum atomic E-state index is 0.129. The number of likely N-dealkylation sites (N-methyl/N-ethyl adjacent to an activating group) is 1. The molecule has 1 fully saturated rings. The predicted molar refractivity (Wildman–Crippen MR) is 91.4 cm³/mol. The first-order valence-electron chi connectivity index (χ1n) is 8.57. The number of hydrogen-bond donors (Lipinski definition) is 1. The molecule has 2 rings (SSSR count). The summed E-state index contributed by atoms with van der Waals surface area (Å²) >= 11 is 0. The zero-order valence-corrected chi connectivity index (χ0v) is 14.0. The first-order chi connectivity index (χ1) is 10.0. The van der Waals surface area contributed by atoms with Gasteiger partial charge < -0.3 is 10.6 Å². The molecule has 0 bridgehead atoms. The second kappa shape index (κ2) is 7.95. The van der Waals surface area contributed by atoms with Crippen molar-refractivity contribution < 1.29 is 0 Å². The Morgan fingerprint density at radius 3 is 2.33 bits per heavy atom. The molecule has 0 radical (unpaired) electrons. The highest BCUT2D eigenvalue weighted by Gasteiger charge is 2.18. The lowest BCUT2D eigenvalue weighted by atomic mass is 9.99. The average molecular weight is 288 g/mol. The molecule has 1 unspecified atom stereocenters. The summed E-state index contributed by atoms with van der Waals surface area (Å²) in [4.78, 5) is 2.42. The summed E-state index contributed by atoms with van der Waals surface area (Å²) in [7, 11) is 2.21.